The van der Waals surface area contributed by atoms with Crippen LogP contribution in [0.1, 0.15) is 43.2 Å². The van der Waals surface area contributed by atoms with Crippen LogP contribution in [0.15, 0.2) is 61.2 Å². The summed E-state index contributed by atoms with van der Waals surface area (Å²) in [6.45, 7) is 5.28. The van der Waals surface area contributed by atoms with Gasteiger partial charge in [-0.15, -0.1) is 6.58 Å². The molecule has 2 atom stereocenters. The normalized spacial score (nSPS) is 16.2. The summed E-state index contributed by atoms with van der Waals surface area (Å²) in [5.41, 5.74) is 4.45. The first-order valence-electron chi connectivity index (χ1n) is 11.2. The zero-order valence-electron chi connectivity index (χ0n) is 18.6. The fourth-order valence-corrected chi connectivity index (χ4v) is 4.51. The van der Waals surface area contributed by atoms with Crippen molar-refractivity contribution in [3.8, 4) is 11.1 Å². The van der Waals surface area contributed by atoms with Gasteiger partial charge in [-0.2, -0.15) is 0 Å². The smallest absolute Gasteiger partial charge is 0.407 e. The molecule has 1 saturated carbocycles. The molecule has 4 rings (SSSR count). The van der Waals surface area contributed by atoms with Crippen LogP contribution in [-0.2, 0) is 14.3 Å². The van der Waals surface area contributed by atoms with E-state index in [1.807, 2.05) is 36.4 Å². The van der Waals surface area contributed by atoms with E-state index in [4.69, 9.17) is 4.74 Å². The molecule has 2 aromatic carbocycles. The lowest BCUT2D eigenvalue weighted by atomic mass is 9.98. The van der Waals surface area contributed by atoms with Gasteiger partial charge in [0.15, 0.2) is 0 Å². The Morgan fingerprint density at radius 3 is 2.21 bits per heavy atom. The van der Waals surface area contributed by atoms with Gasteiger partial charge in [0.1, 0.15) is 18.7 Å². The predicted molar refractivity (Wildman–Crippen MR) is 124 cm³/mol. The minimum atomic E-state index is -1.08. The standard InChI is InChI=1S/C26H28N2O5/c1-3-8-23(24(29)28(17-13-14-17)16(2)25(30)31)27-26(32)33-15-22-20-11-6-4-9-18(20)19-10-5-7-12-21(19)22/h3-7,9-12,16-17,22-23H,1,8,13-15H2,2H3,(H,27,32)(H,30,31). The van der Waals surface area contributed by atoms with Gasteiger partial charge in [-0.1, -0.05) is 54.6 Å². The van der Waals surface area contributed by atoms with E-state index in [1.165, 1.54) is 17.9 Å². The van der Waals surface area contributed by atoms with Crippen molar-refractivity contribution in [2.24, 2.45) is 0 Å². The molecule has 2 amide bonds. The van der Waals surface area contributed by atoms with Crippen LogP contribution < -0.4 is 5.32 Å². The van der Waals surface area contributed by atoms with Crippen LogP contribution in [0, 0.1) is 0 Å². The largest absolute Gasteiger partial charge is 0.480 e. The lowest BCUT2D eigenvalue weighted by Crippen LogP contribution is -2.54. The van der Waals surface area contributed by atoms with Gasteiger partial charge in [-0.05, 0) is 48.4 Å². The monoisotopic (exact) mass is 448 g/mol. The summed E-state index contributed by atoms with van der Waals surface area (Å²) in [6.07, 6.45) is 2.52. The summed E-state index contributed by atoms with van der Waals surface area (Å²) in [7, 11) is 0. The SMILES string of the molecule is C=CCC(NC(=O)OCC1c2ccccc2-c2ccccc21)C(=O)N(C1CC1)C(C)C(=O)O. The topological polar surface area (TPSA) is 95.9 Å². The molecule has 2 N–H and O–H groups in total. The minimum Gasteiger partial charge on any atom is -0.480 e. The van der Waals surface area contributed by atoms with Gasteiger partial charge in [0, 0.05) is 12.0 Å². The zero-order valence-corrected chi connectivity index (χ0v) is 18.6. The van der Waals surface area contributed by atoms with Crippen molar-refractivity contribution in [3.05, 3.63) is 72.3 Å². The zero-order chi connectivity index (χ0) is 23.5. The summed E-state index contributed by atoms with van der Waals surface area (Å²) in [5.74, 6) is -1.60. The average Bonchev–Trinajstić information content (AvgIpc) is 3.59. The van der Waals surface area contributed by atoms with Gasteiger partial charge in [0.25, 0.3) is 0 Å². The summed E-state index contributed by atoms with van der Waals surface area (Å²) >= 11 is 0. The molecule has 0 saturated heterocycles. The Hall–Kier alpha value is -3.61. The number of amides is 2. The van der Waals surface area contributed by atoms with Crippen molar-refractivity contribution in [1.82, 2.24) is 10.2 Å². The molecule has 2 unspecified atom stereocenters. The maximum Gasteiger partial charge on any atom is 0.407 e. The minimum absolute atomic E-state index is 0.0910. The van der Waals surface area contributed by atoms with E-state index >= 15 is 0 Å². The van der Waals surface area contributed by atoms with Crippen LogP contribution in [0.2, 0.25) is 0 Å². The van der Waals surface area contributed by atoms with Gasteiger partial charge >= 0.3 is 12.1 Å². The Balaban J connectivity index is 1.44. The summed E-state index contributed by atoms with van der Waals surface area (Å²) in [4.78, 5) is 38.7. The van der Waals surface area contributed by atoms with E-state index in [-0.39, 0.29) is 25.0 Å². The van der Waals surface area contributed by atoms with Crippen molar-refractivity contribution in [1.29, 1.82) is 0 Å². The highest BCUT2D eigenvalue weighted by atomic mass is 16.5. The molecule has 7 nitrogen and oxygen atoms in total. The number of fused-ring (bicyclic) bond motifs is 3. The number of alkyl carbamates (subject to hydrolysis) is 1. The lowest BCUT2D eigenvalue weighted by molar-refractivity contribution is -0.150. The Kier molecular flexibility index (Phi) is 6.49. The number of aliphatic carboxylic acids is 1. The lowest BCUT2D eigenvalue weighted by Gasteiger charge is -2.30. The van der Waals surface area contributed by atoms with Crippen molar-refractivity contribution < 1.29 is 24.2 Å². The highest BCUT2D eigenvalue weighted by Crippen LogP contribution is 2.44. The molecule has 2 aliphatic rings. The Labute approximate surface area is 193 Å². The van der Waals surface area contributed by atoms with Crippen LogP contribution >= 0.6 is 0 Å². The van der Waals surface area contributed by atoms with Gasteiger partial charge < -0.3 is 20.1 Å². The summed E-state index contributed by atoms with van der Waals surface area (Å²) in [5, 5.41) is 12.0. The molecule has 0 spiro atoms. The van der Waals surface area contributed by atoms with Crippen molar-refractivity contribution >= 4 is 18.0 Å². The van der Waals surface area contributed by atoms with Crippen molar-refractivity contribution in [3.63, 3.8) is 0 Å². The van der Waals surface area contributed by atoms with Crippen molar-refractivity contribution in [2.75, 3.05) is 6.61 Å². The molecule has 0 radical (unpaired) electrons. The van der Waals surface area contributed by atoms with Gasteiger partial charge in [0.05, 0.1) is 0 Å². The molecule has 2 aliphatic carbocycles. The molecule has 1 fully saturated rings. The van der Waals surface area contributed by atoms with Gasteiger partial charge in [-0.3, -0.25) is 4.79 Å². The maximum absolute atomic E-state index is 13.1. The third-order valence-electron chi connectivity index (χ3n) is 6.31. The fourth-order valence-electron chi connectivity index (χ4n) is 4.51. The predicted octanol–water partition coefficient (Wildman–Crippen LogP) is 3.93. The Morgan fingerprint density at radius 2 is 1.70 bits per heavy atom. The van der Waals surface area contributed by atoms with Crippen LogP contribution in [0.25, 0.3) is 11.1 Å². The summed E-state index contributed by atoms with van der Waals surface area (Å²) < 4.78 is 5.56. The summed E-state index contributed by atoms with van der Waals surface area (Å²) in [6, 6.07) is 14.1. The quantitative estimate of drug-likeness (QED) is 0.567. The van der Waals surface area contributed by atoms with Gasteiger partial charge in [0.2, 0.25) is 5.91 Å². The van der Waals surface area contributed by atoms with Gasteiger partial charge in [-0.25, -0.2) is 9.59 Å². The van der Waals surface area contributed by atoms with E-state index in [0.29, 0.717) is 0 Å². The molecule has 7 heteroatoms. The molecule has 0 heterocycles. The van der Waals surface area contributed by atoms with E-state index in [0.717, 1.165) is 35.1 Å². The van der Waals surface area contributed by atoms with Crippen LogP contribution in [0.3, 0.4) is 0 Å². The first-order chi connectivity index (χ1) is 15.9. The third-order valence-corrected chi connectivity index (χ3v) is 6.31. The number of rotatable bonds is 9. The fraction of sp³-hybridized carbons (Fsp3) is 0.346. The second-order valence-corrected chi connectivity index (χ2v) is 8.54. The Morgan fingerprint density at radius 1 is 1.12 bits per heavy atom. The molecule has 2 aromatic rings. The van der Waals surface area contributed by atoms with Crippen LogP contribution in [0.4, 0.5) is 4.79 Å². The first-order valence-corrected chi connectivity index (χ1v) is 11.2. The number of carboxylic acid groups (broad SMARTS) is 1. The second-order valence-electron chi connectivity index (χ2n) is 8.54. The molecule has 0 bridgehead atoms. The maximum atomic E-state index is 13.1. The number of hydrogen-bond acceptors (Lipinski definition) is 4. The van der Waals surface area contributed by atoms with E-state index in [2.05, 4.69) is 24.0 Å². The number of carbonyl (C=O) groups excluding carboxylic acids is 2. The molecular weight excluding hydrogens is 420 g/mol. The molecule has 0 aromatic heterocycles. The number of hydrogen-bond donors (Lipinski definition) is 2. The highest BCUT2D eigenvalue weighted by Gasteiger charge is 2.41. The highest BCUT2D eigenvalue weighted by molar-refractivity contribution is 5.90. The average molecular weight is 449 g/mol. The number of benzene rings is 2. The van der Waals surface area contributed by atoms with Crippen LogP contribution in [0.5, 0.6) is 0 Å². The number of carbonyl (C=O) groups is 3. The second kappa shape index (κ2) is 9.48. The molecule has 172 valence electrons. The van der Waals surface area contributed by atoms with Crippen LogP contribution in [-0.4, -0.2) is 52.7 Å². The molecule has 33 heavy (non-hydrogen) atoms. The molecular formula is C26H28N2O5. The number of nitrogens with zero attached hydrogens (tertiary/aromatic N) is 1. The Bertz CT molecular complexity index is 1030. The first kappa shape index (κ1) is 22.6. The van der Waals surface area contributed by atoms with E-state index in [9.17, 15) is 19.5 Å². The number of nitrogens with one attached hydrogen (secondary N) is 1. The van der Waals surface area contributed by atoms with E-state index < -0.39 is 30.1 Å². The molecule has 0 aliphatic heterocycles. The van der Waals surface area contributed by atoms with E-state index in [1.54, 1.807) is 0 Å². The van der Waals surface area contributed by atoms with Crippen molar-refractivity contribution in [2.45, 2.75) is 50.2 Å². The number of carboxylic acids is 1. The number of ether oxygens (including phenoxy) is 1. The third kappa shape index (κ3) is 4.62.